The van der Waals surface area contributed by atoms with Crippen LogP contribution in [-0.4, -0.2) is 45.5 Å². The molecule has 0 aromatic rings. The summed E-state index contributed by atoms with van der Waals surface area (Å²) in [5, 5.41) is 0.698. The number of hydrogen-bond donors (Lipinski definition) is 1. The van der Waals surface area contributed by atoms with Gasteiger partial charge in [-0.2, -0.15) is 5.01 Å². The molecule has 142 valence electrons. The Hall–Kier alpha value is -2.12. The van der Waals surface area contributed by atoms with Gasteiger partial charge in [0.25, 0.3) is 0 Å². The second kappa shape index (κ2) is 7.01. The van der Waals surface area contributed by atoms with E-state index in [4.69, 9.17) is 9.47 Å². The minimum atomic E-state index is -1.76. The first kappa shape index (κ1) is 20.9. The zero-order chi connectivity index (χ0) is 19.6. The molecule has 1 rings (SSSR count). The van der Waals surface area contributed by atoms with E-state index in [0.29, 0.717) is 11.4 Å². The Morgan fingerprint density at radius 3 is 1.92 bits per heavy atom. The highest BCUT2D eigenvalue weighted by atomic mass is 16.6. The molecule has 8 heteroatoms. The lowest BCUT2D eigenvalue weighted by Gasteiger charge is -2.38. The molecule has 0 aromatic heterocycles. The highest BCUT2D eigenvalue weighted by molar-refractivity contribution is 6.13. The first-order chi connectivity index (χ1) is 11.2. The summed E-state index contributed by atoms with van der Waals surface area (Å²) in [5.74, 6) is -0.959. The number of nitrogens with zero attached hydrogens (tertiary/aromatic N) is 1. The van der Waals surface area contributed by atoms with Gasteiger partial charge in [0, 0.05) is 6.42 Å². The van der Waals surface area contributed by atoms with Crippen LogP contribution in [0.25, 0.3) is 0 Å². The third kappa shape index (κ3) is 5.17. The maximum absolute atomic E-state index is 12.6. The molecule has 0 radical (unpaired) electrons. The molecule has 0 spiro atoms. The molecule has 1 fully saturated rings. The molecule has 0 unspecified atom stereocenters. The van der Waals surface area contributed by atoms with Crippen molar-refractivity contribution >= 4 is 23.8 Å². The number of rotatable bonds is 2. The van der Waals surface area contributed by atoms with Crippen molar-refractivity contribution in [3.8, 4) is 0 Å². The molecule has 1 N–H and O–H groups in total. The quantitative estimate of drug-likeness (QED) is 0.603. The van der Waals surface area contributed by atoms with Crippen LogP contribution >= 0.6 is 0 Å². The van der Waals surface area contributed by atoms with E-state index in [1.54, 1.807) is 41.5 Å². The molecule has 1 aliphatic rings. The normalized spacial score (nSPS) is 20.8. The second-order valence-corrected chi connectivity index (χ2v) is 8.12. The third-order valence-electron chi connectivity index (χ3n) is 3.55. The number of amides is 2. The van der Waals surface area contributed by atoms with E-state index < -0.39 is 40.5 Å². The molecule has 2 amide bonds. The minimum absolute atomic E-state index is 0.121. The Kier molecular flexibility index (Phi) is 5.87. The van der Waals surface area contributed by atoms with Crippen molar-refractivity contribution in [1.29, 1.82) is 0 Å². The van der Waals surface area contributed by atoms with E-state index >= 15 is 0 Å². The lowest BCUT2D eigenvalue weighted by atomic mass is 9.91. The number of carbonyl (C=O) groups is 4. The van der Waals surface area contributed by atoms with Gasteiger partial charge in [-0.25, -0.2) is 15.0 Å². The topological polar surface area (TPSA) is 102 Å². The maximum Gasteiger partial charge on any atom is 0.430 e. The molecule has 1 atom stereocenters. The van der Waals surface area contributed by atoms with Crippen molar-refractivity contribution in [2.75, 3.05) is 0 Å². The Labute approximate surface area is 148 Å². The molecule has 0 saturated heterocycles. The Morgan fingerprint density at radius 1 is 1.04 bits per heavy atom. The van der Waals surface area contributed by atoms with Crippen LogP contribution in [0.4, 0.5) is 9.59 Å². The van der Waals surface area contributed by atoms with E-state index in [-0.39, 0.29) is 12.8 Å². The largest absolute Gasteiger partial charge is 0.443 e. The molecular weight excluding hydrogens is 328 g/mol. The number of hydrogen-bond acceptors (Lipinski definition) is 6. The van der Waals surface area contributed by atoms with Crippen LogP contribution in [0.2, 0.25) is 0 Å². The van der Waals surface area contributed by atoms with E-state index in [9.17, 15) is 19.2 Å². The summed E-state index contributed by atoms with van der Waals surface area (Å²) in [5.41, 5.74) is -1.20. The first-order valence-corrected chi connectivity index (χ1v) is 8.26. The molecule has 8 nitrogen and oxygen atoms in total. The molecule has 1 saturated carbocycles. The minimum Gasteiger partial charge on any atom is -0.443 e. The van der Waals surface area contributed by atoms with Crippen LogP contribution in [0.15, 0.2) is 0 Å². The van der Waals surface area contributed by atoms with Gasteiger partial charge in [-0.1, -0.05) is 0 Å². The summed E-state index contributed by atoms with van der Waals surface area (Å²) in [6, 6.07) is 0. The van der Waals surface area contributed by atoms with Gasteiger partial charge in [0.15, 0.2) is 17.1 Å². The standard InChI is InChI=1S/C17H28N2O6/c1-11(20)17(10-8-9-12(17)21)19(14(23)25-16(5,6)7)18-13(22)24-15(2,3)4/h8-10H2,1-7H3,(H,18,22)/t17-/m1/s1. The van der Waals surface area contributed by atoms with Gasteiger partial charge in [-0.05, 0) is 61.3 Å². The number of carbonyl (C=O) groups excluding carboxylic acids is 4. The summed E-state index contributed by atoms with van der Waals surface area (Å²) >= 11 is 0. The lowest BCUT2D eigenvalue weighted by Crippen LogP contribution is -2.66. The van der Waals surface area contributed by atoms with Crippen molar-refractivity contribution < 1.29 is 28.7 Å². The van der Waals surface area contributed by atoms with Gasteiger partial charge in [0.2, 0.25) is 0 Å². The Bertz CT molecular complexity index is 573. The molecule has 0 aliphatic heterocycles. The average molecular weight is 356 g/mol. The van der Waals surface area contributed by atoms with E-state index in [0.717, 1.165) is 0 Å². The van der Waals surface area contributed by atoms with E-state index in [1.807, 2.05) is 0 Å². The first-order valence-electron chi connectivity index (χ1n) is 8.26. The van der Waals surface area contributed by atoms with Crippen molar-refractivity contribution in [2.45, 2.75) is 84.5 Å². The lowest BCUT2D eigenvalue weighted by molar-refractivity contribution is -0.142. The molecule has 0 bridgehead atoms. The van der Waals surface area contributed by atoms with Crippen molar-refractivity contribution in [3.05, 3.63) is 0 Å². The van der Waals surface area contributed by atoms with Crippen LogP contribution in [0.5, 0.6) is 0 Å². The number of nitrogens with one attached hydrogen (secondary N) is 1. The van der Waals surface area contributed by atoms with E-state index in [2.05, 4.69) is 5.43 Å². The summed E-state index contributed by atoms with van der Waals surface area (Å²) < 4.78 is 10.4. The zero-order valence-corrected chi connectivity index (χ0v) is 16.0. The van der Waals surface area contributed by atoms with Crippen molar-refractivity contribution in [1.82, 2.24) is 10.4 Å². The van der Waals surface area contributed by atoms with Gasteiger partial charge in [-0.15, -0.1) is 0 Å². The summed E-state index contributed by atoms with van der Waals surface area (Å²) in [4.78, 5) is 49.5. The average Bonchev–Trinajstić information content (AvgIpc) is 2.74. The Morgan fingerprint density at radius 2 is 1.56 bits per heavy atom. The van der Waals surface area contributed by atoms with Crippen LogP contribution in [-0.2, 0) is 19.1 Å². The summed E-state index contributed by atoms with van der Waals surface area (Å²) in [6.07, 6.45) is -1.22. The molecule has 25 heavy (non-hydrogen) atoms. The number of ether oxygens (including phenoxy) is 2. The van der Waals surface area contributed by atoms with Gasteiger partial charge in [0.05, 0.1) is 0 Å². The summed E-state index contributed by atoms with van der Waals surface area (Å²) in [6.45, 7) is 11.1. The number of Topliss-reactive ketones (excluding diaryl/α,β-unsaturated/α-hetero) is 2. The number of ketones is 2. The smallest absolute Gasteiger partial charge is 0.430 e. The van der Waals surface area contributed by atoms with Gasteiger partial charge in [0.1, 0.15) is 11.2 Å². The molecular formula is C17H28N2O6. The van der Waals surface area contributed by atoms with Gasteiger partial charge >= 0.3 is 12.2 Å². The fourth-order valence-electron chi connectivity index (χ4n) is 2.61. The van der Waals surface area contributed by atoms with Crippen LogP contribution in [0.3, 0.4) is 0 Å². The fourth-order valence-corrected chi connectivity index (χ4v) is 2.61. The second-order valence-electron chi connectivity index (χ2n) is 8.12. The molecule has 0 heterocycles. The summed E-state index contributed by atoms with van der Waals surface area (Å²) in [7, 11) is 0. The third-order valence-corrected chi connectivity index (χ3v) is 3.55. The zero-order valence-electron chi connectivity index (χ0n) is 16.0. The van der Waals surface area contributed by atoms with Gasteiger partial charge < -0.3 is 9.47 Å². The Balaban J connectivity index is 3.23. The predicted molar refractivity (Wildman–Crippen MR) is 89.7 cm³/mol. The van der Waals surface area contributed by atoms with Crippen molar-refractivity contribution in [2.24, 2.45) is 0 Å². The van der Waals surface area contributed by atoms with Crippen molar-refractivity contribution in [3.63, 3.8) is 0 Å². The van der Waals surface area contributed by atoms with Gasteiger partial charge in [-0.3, -0.25) is 9.59 Å². The van der Waals surface area contributed by atoms with Crippen LogP contribution in [0.1, 0.15) is 67.7 Å². The SMILES string of the molecule is CC(=O)[C@]1(N(NC(=O)OC(C)(C)C)C(=O)OC(C)(C)C)CCCC1=O. The maximum atomic E-state index is 12.6. The fraction of sp³-hybridized carbons (Fsp3) is 0.765. The molecule has 0 aromatic carbocycles. The van der Waals surface area contributed by atoms with Crippen LogP contribution < -0.4 is 5.43 Å². The highest BCUT2D eigenvalue weighted by Crippen LogP contribution is 2.33. The number of hydrazine groups is 1. The highest BCUT2D eigenvalue weighted by Gasteiger charge is 2.55. The van der Waals surface area contributed by atoms with E-state index in [1.165, 1.54) is 6.92 Å². The predicted octanol–water partition coefficient (Wildman–Crippen LogP) is 2.74. The molecule has 1 aliphatic carbocycles. The monoisotopic (exact) mass is 356 g/mol. The van der Waals surface area contributed by atoms with Crippen LogP contribution in [0, 0.1) is 0 Å².